The standard InChI is InChI=1S/C12H11N3/c1-10-2-4-11(5-3-10)14-15-12-6-8-13-9-7-12/h2-9H,1H3. The Hall–Kier alpha value is -2.03. The van der Waals surface area contributed by atoms with E-state index in [1.807, 2.05) is 43.3 Å². The third-order valence-corrected chi connectivity index (χ3v) is 1.98. The minimum atomic E-state index is 0.811. The Bertz CT molecular complexity index is 446. The molecule has 0 spiro atoms. The van der Waals surface area contributed by atoms with Crippen LogP contribution < -0.4 is 0 Å². The van der Waals surface area contributed by atoms with Crippen molar-refractivity contribution in [2.45, 2.75) is 6.92 Å². The van der Waals surface area contributed by atoms with Crippen molar-refractivity contribution in [1.29, 1.82) is 0 Å². The van der Waals surface area contributed by atoms with Crippen LogP contribution in [0.2, 0.25) is 0 Å². The van der Waals surface area contributed by atoms with Crippen LogP contribution >= 0.6 is 0 Å². The first kappa shape index (κ1) is 9.52. The summed E-state index contributed by atoms with van der Waals surface area (Å²) < 4.78 is 0. The minimum Gasteiger partial charge on any atom is -0.265 e. The second kappa shape index (κ2) is 4.46. The van der Waals surface area contributed by atoms with E-state index in [0.717, 1.165) is 11.4 Å². The van der Waals surface area contributed by atoms with Crippen LogP contribution in [0.4, 0.5) is 11.4 Å². The predicted molar refractivity (Wildman–Crippen MR) is 59.6 cm³/mol. The molecule has 0 aliphatic rings. The average molecular weight is 197 g/mol. The van der Waals surface area contributed by atoms with Gasteiger partial charge in [0, 0.05) is 12.4 Å². The second-order valence-corrected chi connectivity index (χ2v) is 3.24. The lowest BCUT2D eigenvalue weighted by Gasteiger charge is -1.93. The summed E-state index contributed by atoms with van der Waals surface area (Å²) in [5.41, 5.74) is 2.89. The fourth-order valence-electron chi connectivity index (χ4n) is 1.14. The highest BCUT2D eigenvalue weighted by Crippen LogP contribution is 2.17. The third kappa shape index (κ3) is 2.71. The molecular weight excluding hydrogens is 186 g/mol. The molecule has 0 amide bonds. The van der Waals surface area contributed by atoms with E-state index in [-0.39, 0.29) is 0 Å². The van der Waals surface area contributed by atoms with Gasteiger partial charge in [-0.2, -0.15) is 10.2 Å². The normalized spacial score (nSPS) is 10.7. The molecule has 2 aromatic rings. The van der Waals surface area contributed by atoms with Crippen molar-refractivity contribution < 1.29 is 0 Å². The highest BCUT2D eigenvalue weighted by molar-refractivity contribution is 5.39. The Morgan fingerprint density at radius 1 is 0.800 bits per heavy atom. The molecule has 0 atom stereocenters. The number of hydrogen-bond donors (Lipinski definition) is 0. The van der Waals surface area contributed by atoms with Crippen LogP contribution in [0, 0.1) is 6.92 Å². The van der Waals surface area contributed by atoms with Crippen molar-refractivity contribution in [3.63, 3.8) is 0 Å². The van der Waals surface area contributed by atoms with Crippen LogP contribution in [0.5, 0.6) is 0 Å². The molecule has 74 valence electrons. The topological polar surface area (TPSA) is 37.6 Å². The van der Waals surface area contributed by atoms with Gasteiger partial charge in [0.05, 0.1) is 11.4 Å². The van der Waals surface area contributed by atoms with E-state index in [9.17, 15) is 0 Å². The molecule has 0 bridgehead atoms. The Labute approximate surface area is 88.5 Å². The van der Waals surface area contributed by atoms with Crippen LogP contribution in [-0.2, 0) is 0 Å². The zero-order valence-corrected chi connectivity index (χ0v) is 8.46. The van der Waals surface area contributed by atoms with E-state index in [4.69, 9.17) is 0 Å². The molecule has 3 nitrogen and oxygen atoms in total. The van der Waals surface area contributed by atoms with Crippen LogP contribution in [0.15, 0.2) is 59.0 Å². The van der Waals surface area contributed by atoms with Gasteiger partial charge < -0.3 is 0 Å². The fourth-order valence-corrected chi connectivity index (χ4v) is 1.14. The molecule has 15 heavy (non-hydrogen) atoms. The summed E-state index contributed by atoms with van der Waals surface area (Å²) in [5, 5.41) is 8.21. The lowest BCUT2D eigenvalue weighted by atomic mass is 10.2. The zero-order chi connectivity index (χ0) is 10.5. The maximum Gasteiger partial charge on any atom is 0.0887 e. The molecule has 0 radical (unpaired) electrons. The van der Waals surface area contributed by atoms with Crippen molar-refractivity contribution in [2.24, 2.45) is 10.2 Å². The summed E-state index contributed by atoms with van der Waals surface area (Å²) in [6.45, 7) is 2.05. The van der Waals surface area contributed by atoms with Gasteiger partial charge in [0.2, 0.25) is 0 Å². The van der Waals surface area contributed by atoms with Crippen LogP contribution in [0.25, 0.3) is 0 Å². The van der Waals surface area contributed by atoms with Crippen LogP contribution in [0.1, 0.15) is 5.56 Å². The van der Waals surface area contributed by atoms with Crippen molar-refractivity contribution in [3.8, 4) is 0 Å². The van der Waals surface area contributed by atoms with Crippen molar-refractivity contribution in [3.05, 3.63) is 54.4 Å². The molecule has 0 saturated carbocycles. The first-order valence-electron chi connectivity index (χ1n) is 4.73. The highest BCUT2D eigenvalue weighted by atomic mass is 15.1. The van der Waals surface area contributed by atoms with E-state index in [0.29, 0.717) is 0 Å². The lowest BCUT2D eigenvalue weighted by molar-refractivity contribution is 1.21. The monoisotopic (exact) mass is 197 g/mol. The van der Waals surface area contributed by atoms with Gasteiger partial charge in [-0.05, 0) is 31.2 Å². The second-order valence-electron chi connectivity index (χ2n) is 3.24. The van der Waals surface area contributed by atoms with E-state index in [1.165, 1.54) is 5.56 Å². The maximum absolute atomic E-state index is 4.11. The van der Waals surface area contributed by atoms with Gasteiger partial charge in [-0.25, -0.2) is 0 Å². The first-order chi connectivity index (χ1) is 7.34. The van der Waals surface area contributed by atoms with E-state index < -0.39 is 0 Å². The summed E-state index contributed by atoms with van der Waals surface area (Å²) in [6, 6.07) is 11.6. The van der Waals surface area contributed by atoms with Crippen molar-refractivity contribution >= 4 is 11.4 Å². The number of hydrogen-bond acceptors (Lipinski definition) is 3. The quantitative estimate of drug-likeness (QED) is 0.674. The van der Waals surface area contributed by atoms with Gasteiger partial charge in [-0.15, -0.1) is 0 Å². The molecule has 0 fully saturated rings. The third-order valence-electron chi connectivity index (χ3n) is 1.98. The molecule has 2 rings (SSSR count). The number of azo groups is 1. The Kier molecular flexibility index (Phi) is 2.83. The number of pyridine rings is 1. The molecule has 0 aliphatic carbocycles. The summed E-state index contributed by atoms with van der Waals surface area (Å²) in [4.78, 5) is 3.91. The highest BCUT2D eigenvalue weighted by Gasteiger charge is 1.89. The van der Waals surface area contributed by atoms with Gasteiger partial charge in [-0.1, -0.05) is 17.7 Å². The lowest BCUT2D eigenvalue weighted by Crippen LogP contribution is -1.69. The van der Waals surface area contributed by atoms with E-state index >= 15 is 0 Å². The van der Waals surface area contributed by atoms with E-state index in [1.54, 1.807) is 12.4 Å². The number of aryl methyl sites for hydroxylation is 1. The smallest absolute Gasteiger partial charge is 0.0887 e. The molecule has 1 aromatic heterocycles. The van der Waals surface area contributed by atoms with Crippen molar-refractivity contribution in [1.82, 2.24) is 4.98 Å². The Balaban J connectivity index is 2.15. The Morgan fingerprint density at radius 3 is 1.93 bits per heavy atom. The Morgan fingerprint density at radius 2 is 1.33 bits per heavy atom. The predicted octanol–water partition coefficient (Wildman–Crippen LogP) is 3.81. The summed E-state index contributed by atoms with van der Waals surface area (Å²) in [7, 11) is 0. The summed E-state index contributed by atoms with van der Waals surface area (Å²) >= 11 is 0. The molecule has 0 saturated heterocycles. The molecule has 0 unspecified atom stereocenters. The maximum atomic E-state index is 4.11. The summed E-state index contributed by atoms with van der Waals surface area (Å²) in [5.74, 6) is 0. The first-order valence-corrected chi connectivity index (χ1v) is 4.73. The van der Waals surface area contributed by atoms with Crippen LogP contribution in [0.3, 0.4) is 0 Å². The van der Waals surface area contributed by atoms with Gasteiger partial charge in [0.1, 0.15) is 0 Å². The van der Waals surface area contributed by atoms with Gasteiger partial charge in [-0.3, -0.25) is 4.98 Å². The average Bonchev–Trinajstić information content (AvgIpc) is 2.30. The van der Waals surface area contributed by atoms with Gasteiger partial charge >= 0.3 is 0 Å². The molecule has 1 aromatic carbocycles. The SMILES string of the molecule is Cc1ccc(N=Nc2ccncc2)cc1. The number of benzene rings is 1. The molecule has 3 heteroatoms. The number of nitrogens with zero attached hydrogens (tertiary/aromatic N) is 3. The largest absolute Gasteiger partial charge is 0.265 e. The molecular formula is C12H11N3. The summed E-state index contributed by atoms with van der Waals surface area (Å²) in [6.07, 6.45) is 3.40. The minimum absolute atomic E-state index is 0.811. The molecule has 0 N–H and O–H groups in total. The van der Waals surface area contributed by atoms with Gasteiger partial charge in [0.25, 0.3) is 0 Å². The van der Waals surface area contributed by atoms with Crippen molar-refractivity contribution in [2.75, 3.05) is 0 Å². The fraction of sp³-hybridized carbons (Fsp3) is 0.0833. The number of rotatable bonds is 2. The molecule has 1 heterocycles. The van der Waals surface area contributed by atoms with Crippen LogP contribution in [-0.4, -0.2) is 4.98 Å². The molecule has 0 aliphatic heterocycles. The number of aromatic nitrogens is 1. The van der Waals surface area contributed by atoms with Gasteiger partial charge in [0.15, 0.2) is 0 Å². The van der Waals surface area contributed by atoms with E-state index in [2.05, 4.69) is 15.2 Å². The zero-order valence-electron chi connectivity index (χ0n) is 8.46.